The molecule has 2 bridgehead atoms. The third-order valence-electron chi connectivity index (χ3n) is 10.3. The van der Waals surface area contributed by atoms with Gasteiger partial charge < -0.3 is 14.1 Å². The van der Waals surface area contributed by atoms with Gasteiger partial charge in [0.15, 0.2) is 14.1 Å². The molecule has 1 aromatic carbocycles. The van der Waals surface area contributed by atoms with Crippen LogP contribution in [-0.2, 0) is 4.43 Å². The molecule has 0 N–H and O–H groups in total. The summed E-state index contributed by atoms with van der Waals surface area (Å²) in [6, 6.07) is 1.89. The van der Waals surface area contributed by atoms with Gasteiger partial charge in [-0.25, -0.2) is 8.78 Å². The molecule has 41 heavy (non-hydrogen) atoms. The molecule has 0 amide bonds. The van der Waals surface area contributed by atoms with Crippen LogP contribution >= 0.6 is 27.5 Å². The van der Waals surface area contributed by atoms with Gasteiger partial charge in [0.05, 0.1) is 21.4 Å². The van der Waals surface area contributed by atoms with E-state index in [2.05, 4.69) is 64.6 Å². The van der Waals surface area contributed by atoms with E-state index in [1.807, 2.05) is 0 Å². The first-order valence-corrected chi connectivity index (χ1v) is 18.8. The number of piperidine rings is 1. The molecular formula is C30H40BrClF2N4O2Si. The highest BCUT2D eigenvalue weighted by molar-refractivity contribution is 9.10. The summed E-state index contributed by atoms with van der Waals surface area (Å²) in [6.07, 6.45) is 5.71. The summed E-state index contributed by atoms with van der Waals surface area (Å²) in [6.45, 7) is 14.9. The Hall–Kier alpha value is -1.33. The Morgan fingerprint density at radius 2 is 2.02 bits per heavy atom. The number of benzene rings is 1. The van der Waals surface area contributed by atoms with E-state index in [-0.39, 0.29) is 37.7 Å². The molecule has 2 aromatic rings. The van der Waals surface area contributed by atoms with Gasteiger partial charge in [-0.15, -0.1) is 0 Å². The predicted molar refractivity (Wildman–Crippen MR) is 166 cm³/mol. The molecule has 1 aliphatic carbocycles. The normalized spacial score (nSPS) is 29.6. The lowest BCUT2D eigenvalue weighted by Gasteiger charge is -2.40. The van der Waals surface area contributed by atoms with E-state index in [0.717, 1.165) is 57.2 Å². The van der Waals surface area contributed by atoms with Crippen molar-refractivity contribution in [1.82, 2.24) is 14.9 Å². The first-order chi connectivity index (χ1) is 19.3. The van der Waals surface area contributed by atoms with E-state index in [1.165, 1.54) is 0 Å². The van der Waals surface area contributed by atoms with Crippen molar-refractivity contribution in [2.24, 2.45) is 11.8 Å². The first-order valence-electron chi connectivity index (χ1n) is 14.7. The van der Waals surface area contributed by atoms with Crippen molar-refractivity contribution in [3.8, 4) is 6.01 Å². The highest BCUT2D eigenvalue weighted by atomic mass is 79.9. The lowest BCUT2D eigenvalue weighted by atomic mass is 9.94. The second-order valence-electron chi connectivity index (χ2n) is 14.1. The van der Waals surface area contributed by atoms with Gasteiger partial charge in [0.2, 0.25) is 0 Å². The Labute approximate surface area is 256 Å². The predicted octanol–water partition coefficient (Wildman–Crippen LogP) is 7.89. The number of ether oxygens (including phenoxy) is 1. The fourth-order valence-electron chi connectivity index (χ4n) is 7.17. The minimum absolute atomic E-state index is 0.145. The molecule has 6 rings (SSSR count). The molecule has 3 aliphatic heterocycles. The molecule has 3 saturated heterocycles. The lowest BCUT2D eigenvalue weighted by Crippen LogP contribution is -2.46. The fourth-order valence-corrected chi connectivity index (χ4v) is 9.07. The quantitative estimate of drug-likeness (QED) is 0.230. The van der Waals surface area contributed by atoms with Crippen molar-refractivity contribution in [2.75, 3.05) is 37.7 Å². The average Bonchev–Trinajstić information content (AvgIpc) is 3.54. The van der Waals surface area contributed by atoms with Gasteiger partial charge >= 0.3 is 6.01 Å². The van der Waals surface area contributed by atoms with Crippen molar-refractivity contribution in [1.29, 1.82) is 0 Å². The number of hydrogen-bond acceptors (Lipinski definition) is 6. The second kappa shape index (κ2) is 10.7. The highest BCUT2D eigenvalue weighted by Crippen LogP contribution is 2.47. The Morgan fingerprint density at radius 3 is 2.76 bits per heavy atom. The van der Waals surface area contributed by atoms with Crippen LogP contribution in [0.2, 0.25) is 23.2 Å². The van der Waals surface area contributed by atoms with E-state index in [9.17, 15) is 4.39 Å². The Kier molecular flexibility index (Phi) is 7.74. The number of halogens is 4. The zero-order valence-electron chi connectivity index (χ0n) is 24.6. The monoisotopic (exact) mass is 668 g/mol. The van der Waals surface area contributed by atoms with Crippen molar-refractivity contribution in [2.45, 2.75) is 82.7 Å². The molecule has 4 atom stereocenters. The Bertz CT molecular complexity index is 1390. The molecule has 0 radical (unpaired) electrons. The molecule has 1 aromatic heterocycles. The largest absolute Gasteiger partial charge is 0.461 e. The van der Waals surface area contributed by atoms with E-state index >= 15 is 4.39 Å². The summed E-state index contributed by atoms with van der Waals surface area (Å²) in [5.74, 6) is 0.981. The third kappa shape index (κ3) is 5.34. The summed E-state index contributed by atoms with van der Waals surface area (Å²) >= 11 is 9.72. The molecule has 224 valence electrons. The maximum atomic E-state index is 15.6. The summed E-state index contributed by atoms with van der Waals surface area (Å²) in [5, 5.41) is 1.01. The van der Waals surface area contributed by atoms with Crippen LogP contribution < -0.4 is 9.64 Å². The van der Waals surface area contributed by atoms with Gasteiger partial charge in [-0.1, -0.05) is 32.4 Å². The molecule has 1 saturated carbocycles. The number of rotatable bonds is 6. The van der Waals surface area contributed by atoms with Gasteiger partial charge in [-0.3, -0.25) is 4.90 Å². The van der Waals surface area contributed by atoms with E-state index in [1.54, 1.807) is 6.07 Å². The molecule has 1 unspecified atom stereocenters. The molecule has 4 fully saturated rings. The highest BCUT2D eigenvalue weighted by Gasteiger charge is 2.48. The Morgan fingerprint density at radius 1 is 1.24 bits per heavy atom. The first kappa shape index (κ1) is 29.7. The van der Waals surface area contributed by atoms with E-state index in [4.69, 9.17) is 25.7 Å². The minimum atomic E-state index is -1.92. The fraction of sp³-hybridized carbons (Fsp3) is 0.667. The molecule has 4 heterocycles. The molecule has 6 nitrogen and oxygen atoms in total. The standard InChI is InChI=1S/C30H40BrClF2N4O2Si/c1-29(2,3)41(4,5)40-23-10-18-9-20(23)16-37(14-18)27-21-11-22(32)24(31)25(34)26(21)35-28(36-27)39-17-30-7-6-8-38(30)15-19(12-30)13-33/h11,13,18,20,23H,6-10,12,14-17H2,1-5H3/b19-13-/t18-,20-,23-,30?/m1/s1. The van der Waals surface area contributed by atoms with E-state index in [0.29, 0.717) is 42.6 Å². The summed E-state index contributed by atoms with van der Waals surface area (Å²) in [5.41, 5.74) is 0.703. The van der Waals surface area contributed by atoms with Gasteiger partial charge in [0.1, 0.15) is 17.9 Å². The molecule has 11 heteroatoms. The maximum absolute atomic E-state index is 15.6. The van der Waals surface area contributed by atoms with Gasteiger partial charge in [0.25, 0.3) is 0 Å². The van der Waals surface area contributed by atoms with Crippen LogP contribution in [0.25, 0.3) is 10.9 Å². The van der Waals surface area contributed by atoms with Crippen LogP contribution in [0.1, 0.15) is 52.9 Å². The Balaban J connectivity index is 1.31. The number of anilines is 1. The number of aromatic nitrogens is 2. The van der Waals surface area contributed by atoms with Crippen LogP contribution in [0.3, 0.4) is 0 Å². The van der Waals surface area contributed by atoms with Crippen LogP contribution in [-0.4, -0.2) is 67.6 Å². The number of hydrogen-bond donors (Lipinski definition) is 0. The topological polar surface area (TPSA) is 50.7 Å². The van der Waals surface area contributed by atoms with Crippen molar-refractivity contribution < 1.29 is 17.9 Å². The minimum Gasteiger partial charge on any atom is -0.461 e. The van der Waals surface area contributed by atoms with Gasteiger partial charge in [-0.05, 0) is 90.3 Å². The zero-order chi connectivity index (χ0) is 29.3. The molecule has 0 spiro atoms. The van der Waals surface area contributed by atoms with Gasteiger partial charge in [-0.2, -0.15) is 9.97 Å². The van der Waals surface area contributed by atoms with Crippen LogP contribution in [0.5, 0.6) is 6.01 Å². The summed E-state index contributed by atoms with van der Waals surface area (Å²) < 4.78 is 42.4. The van der Waals surface area contributed by atoms with Gasteiger partial charge in [0, 0.05) is 37.0 Å². The van der Waals surface area contributed by atoms with Crippen LogP contribution in [0, 0.1) is 17.7 Å². The SMILES string of the molecule is CC(C)(C)[Si](C)(C)O[C@@H]1C[C@H]2C[C@@H]1CN(c1nc(OCC34CCCN3C/C(=C\F)C4)nc3c(F)c(Br)c(Cl)cc13)C2. The average molecular weight is 670 g/mol. The van der Waals surface area contributed by atoms with E-state index < -0.39 is 14.1 Å². The zero-order valence-corrected chi connectivity index (χ0v) is 27.9. The maximum Gasteiger partial charge on any atom is 0.319 e. The van der Waals surface area contributed by atoms with Crippen LogP contribution in [0.15, 0.2) is 22.4 Å². The van der Waals surface area contributed by atoms with Crippen molar-refractivity contribution >= 4 is 52.6 Å². The van der Waals surface area contributed by atoms with Crippen LogP contribution in [0.4, 0.5) is 14.6 Å². The number of nitrogens with zero attached hydrogens (tertiary/aromatic N) is 4. The third-order valence-corrected chi connectivity index (χ3v) is 16.1. The lowest BCUT2D eigenvalue weighted by molar-refractivity contribution is 0.108. The molecule has 4 aliphatic rings. The number of fused-ring (bicyclic) bond motifs is 4. The summed E-state index contributed by atoms with van der Waals surface area (Å²) in [7, 11) is -1.92. The summed E-state index contributed by atoms with van der Waals surface area (Å²) in [4.78, 5) is 14.0. The molecular weight excluding hydrogens is 630 g/mol. The van der Waals surface area contributed by atoms with Crippen molar-refractivity contribution in [3.05, 3.63) is 33.3 Å². The second-order valence-corrected chi connectivity index (χ2v) is 20.1. The van der Waals surface area contributed by atoms with Crippen molar-refractivity contribution in [3.63, 3.8) is 0 Å². The smallest absolute Gasteiger partial charge is 0.319 e.